The molecule has 2 aliphatic heterocycles. The van der Waals surface area contributed by atoms with Gasteiger partial charge in [0.1, 0.15) is 5.82 Å². The Morgan fingerprint density at radius 2 is 2.26 bits per heavy atom. The van der Waals surface area contributed by atoms with Crippen LogP contribution in [-0.4, -0.2) is 53.4 Å². The predicted molar refractivity (Wildman–Crippen MR) is 80.7 cm³/mol. The third-order valence-corrected chi connectivity index (χ3v) is 4.08. The average molecular weight is 315 g/mol. The maximum absolute atomic E-state index is 12.1. The molecule has 0 saturated carbocycles. The lowest BCUT2D eigenvalue weighted by Gasteiger charge is -2.28. The molecular formula is C15H17N5O3. The van der Waals surface area contributed by atoms with Gasteiger partial charge in [0.15, 0.2) is 5.82 Å². The highest BCUT2D eigenvalue weighted by Crippen LogP contribution is 2.24. The second-order valence-electron chi connectivity index (χ2n) is 5.89. The Morgan fingerprint density at radius 3 is 3.09 bits per heavy atom. The van der Waals surface area contributed by atoms with Crippen molar-refractivity contribution in [3.63, 3.8) is 0 Å². The Labute approximate surface area is 132 Å². The minimum atomic E-state index is -0.182. The molecular weight excluding hydrogens is 298 g/mol. The summed E-state index contributed by atoms with van der Waals surface area (Å²) in [6, 6.07) is 3.73. The summed E-state index contributed by atoms with van der Waals surface area (Å²) in [7, 11) is 0. The molecule has 1 amide bonds. The van der Waals surface area contributed by atoms with E-state index in [-0.39, 0.29) is 17.9 Å². The van der Waals surface area contributed by atoms with Gasteiger partial charge in [-0.05, 0) is 19.1 Å². The number of rotatable bonds is 2. The van der Waals surface area contributed by atoms with Crippen LogP contribution in [0.25, 0.3) is 11.5 Å². The van der Waals surface area contributed by atoms with E-state index < -0.39 is 0 Å². The van der Waals surface area contributed by atoms with Crippen molar-refractivity contribution in [2.45, 2.75) is 13.0 Å². The molecule has 2 fully saturated rings. The highest BCUT2D eigenvalue weighted by Gasteiger charge is 2.33. The zero-order valence-electron chi connectivity index (χ0n) is 12.7. The molecule has 2 aromatic heterocycles. The highest BCUT2D eigenvalue weighted by molar-refractivity contribution is 5.80. The van der Waals surface area contributed by atoms with E-state index in [1.54, 1.807) is 13.1 Å². The van der Waals surface area contributed by atoms with Crippen LogP contribution in [0, 0.1) is 12.8 Å². The van der Waals surface area contributed by atoms with E-state index in [2.05, 4.69) is 25.3 Å². The van der Waals surface area contributed by atoms with Crippen molar-refractivity contribution in [1.82, 2.24) is 20.4 Å². The number of anilines is 1. The monoisotopic (exact) mass is 315 g/mol. The Bertz CT molecular complexity index is 731. The zero-order valence-corrected chi connectivity index (χ0v) is 12.7. The predicted octanol–water partition coefficient (Wildman–Crippen LogP) is 0.391. The van der Waals surface area contributed by atoms with Crippen molar-refractivity contribution in [2.24, 2.45) is 5.92 Å². The van der Waals surface area contributed by atoms with Gasteiger partial charge < -0.3 is 19.5 Å². The third-order valence-electron chi connectivity index (χ3n) is 4.08. The zero-order chi connectivity index (χ0) is 15.8. The molecule has 8 nitrogen and oxygen atoms in total. The summed E-state index contributed by atoms with van der Waals surface area (Å²) in [5, 5.41) is 6.83. The number of aromatic nitrogens is 3. The topological polar surface area (TPSA) is 93.4 Å². The van der Waals surface area contributed by atoms with Crippen LogP contribution < -0.4 is 10.2 Å². The molecule has 4 heterocycles. The van der Waals surface area contributed by atoms with E-state index in [1.165, 1.54) is 0 Å². The molecule has 2 bridgehead atoms. The lowest BCUT2D eigenvalue weighted by molar-refractivity contribution is -0.124. The molecule has 120 valence electrons. The average Bonchev–Trinajstić information content (AvgIpc) is 2.80. The molecule has 0 unspecified atom stereocenters. The van der Waals surface area contributed by atoms with Gasteiger partial charge in [-0.3, -0.25) is 4.79 Å². The third kappa shape index (κ3) is 2.77. The number of hydrogen-bond acceptors (Lipinski definition) is 7. The number of nitrogens with zero attached hydrogens (tertiary/aromatic N) is 4. The number of fused-ring (bicyclic) bond motifs is 3. The Kier molecular flexibility index (Phi) is 3.45. The van der Waals surface area contributed by atoms with Gasteiger partial charge in [-0.2, -0.15) is 4.98 Å². The molecule has 1 N–H and O–H groups in total. The molecule has 0 spiro atoms. The lowest BCUT2D eigenvalue weighted by atomic mass is 10.1. The fourth-order valence-electron chi connectivity index (χ4n) is 2.96. The minimum absolute atomic E-state index is 0.0221. The summed E-state index contributed by atoms with van der Waals surface area (Å²) < 4.78 is 10.8. The molecule has 0 radical (unpaired) electrons. The number of carbonyl (C=O) groups excluding carboxylic acids is 1. The van der Waals surface area contributed by atoms with Gasteiger partial charge in [0, 0.05) is 24.8 Å². The largest absolute Gasteiger partial charge is 0.378 e. The number of pyridine rings is 1. The van der Waals surface area contributed by atoms with E-state index >= 15 is 0 Å². The minimum Gasteiger partial charge on any atom is -0.378 e. The van der Waals surface area contributed by atoms with Gasteiger partial charge in [-0.15, -0.1) is 0 Å². The summed E-state index contributed by atoms with van der Waals surface area (Å²) >= 11 is 0. The van der Waals surface area contributed by atoms with Crippen LogP contribution in [0.1, 0.15) is 5.82 Å². The molecule has 0 aliphatic carbocycles. The van der Waals surface area contributed by atoms with E-state index in [0.29, 0.717) is 38.0 Å². The first-order valence-corrected chi connectivity index (χ1v) is 7.59. The number of amides is 1. The van der Waals surface area contributed by atoms with Crippen molar-refractivity contribution in [3.8, 4) is 11.5 Å². The molecule has 23 heavy (non-hydrogen) atoms. The second-order valence-corrected chi connectivity index (χ2v) is 5.89. The maximum Gasteiger partial charge on any atom is 0.258 e. The van der Waals surface area contributed by atoms with E-state index in [0.717, 1.165) is 11.4 Å². The number of nitrogens with one attached hydrogen (secondary N) is 1. The summed E-state index contributed by atoms with van der Waals surface area (Å²) in [5.41, 5.74) is 0.820. The van der Waals surface area contributed by atoms with Gasteiger partial charge in [-0.1, -0.05) is 5.16 Å². The van der Waals surface area contributed by atoms with Crippen LogP contribution >= 0.6 is 0 Å². The standard InChI is InChI=1S/C15H17N5O3/c1-9-17-15(23-19-9)10-2-3-16-13(4-10)20-5-11-7-22-8-12(6-20)18-14(11)21/h2-4,11-12H,5-8H2,1H3,(H,18,21)/t11-,12+/m1/s1. The van der Waals surface area contributed by atoms with Gasteiger partial charge in [0.25, 0.3) is 5.89 Å². The molecule has 2 aliphatic rings. The van der Waals surface area contributed by atoms with Gasteiger partial charge >= 0.3 is 0 Å². The van der Waals surface area contributed by atoms with Crippen molar-refractivity contribution < 1.29 is 14.1 Å². The quantitative estimate of drug-likeness (QED) is 0.857. The Morgan fingerprint density at radius 1 is 1.35 bits per heavy atom. The second kappa shape index (κ2) is 5.62. The molecule has 2 saturated heterocycles. The van der Waals surface area contributed by atoms with Crippen molar-refractivity contribution in [1.29, 1.82) is 0 Å². The SMILES string of the molecule is Cc1noc(-c2ccnc(N3C[C@H]4COC[C@@H](C3)C(=O)N4)c2)n1. The first-order valence-electron chi connectivity index (χ1n) is 7.59. The first-order chi connectivity index (χ1) is 11.2. The normalized spacial score (nSPS) is 24.2. The van der Waals surface area contributed by atoms with Crippen LogP contribution in [-0.2, 0) is 9.53 Å². The first kappa shape index (κ1) is 14.1. The summed E-state index contributed by atoms with van der Waals surface area (Å²) in [6.45, 7) is 4.01. The van der Waals surface area contributed by atoms with Gasteiger partial charge in [0.05, 0.1) is 25.2 Å². The van der Waals surface area contributed by atoms with Crippen LogP contribution in [0.3, 0.4) is 0 Å². The van der Waals surface area contributed by atoms with Crippen molar-refractivity contribution in [3.05, 3.63) is 24.2 Å². The summed E-state index contributed by atoms with van der Waals surface area (Å²) in [4.78, 5) is 22.9. The van der Waals surface area contributed by atoms with E-state index in [4.69, 9.17) is 9.26 Å². The number of carbonyl (C=O) groups is 1. The lowest BCUT2D eigenvalue weighted by Crippen LogP contribution is -2.42. The number of ether oxygens (including phenoxy) is 1. The van der Waals surface area contributed by atoms with Gasteiger partial charge in [0.2, 0.25) is 5.91 Å². The van der Waals surface area contributed by atoms with E-state index in [9.17, 15) is 4.79 Å². The highest BCUT2D eigenvalue weighted by atomic mass is 16.5. The van der Waals surface area contributed by atoms with Crippen LogP contribution in [0.15, 0.2) is 22.9 Å². The van der Waals surface area contributed by atoms with Crippen molar-refractivity contribution >= 4 is 11.7 Å². The maximum atomic E-state index is 12.1. The molecule has 8 heteroatoms. The number of hydrogen-bond donors (Lipinski definition) is 1. The fourth-order valence-corrected chi connectivity index (χ4v) is 2.96. The number of aryl methyl sites for hydroxylation is 1. The van der Waals surface area contributed by atoms with Crippen LogP contribution in [0.5, 0.6) is 0 Å². The molecule has 2 aromatic rings. The van der Waals surface area contributed by atoms with Crippen LogP contribution in [0.2, 0.25) is 0 Å². The molecule has 2 atom stereocenters. The Balaban J connectivity index is 1.64. The molecule has 0 aromatic carbocycles. The summed E-state index contributed by atoms with van der Waals surface area (Å²) in [5.74, 6) is 1.73. The summed E-state index contributed by atoms with van der Waals surface area (Å²) in [6.07, 6.45) is 1.72. The smallest absolute Gasteiger partial charge is 0.258 e. The van der Waals surface area contributed by atoms with Gasteiger partial charge in [-0.25, -0.2) is 4.98 Å². The van der Waals surface area contributed by atoms with Crippen LogP contribution in [0.4, 0.5) is 5.82 Å². The van der Waals surface area contributed by atoms with E-state index in [1.807, 2.05) is 12.1 Å². The Hall–Kier alpha value is -2.48. The fraction of sp³-hybridized carbons (Fsp3) is 0.467. The van der Waals surface area contributed by atoms with Crippen molar-refractivity contribution in [2.75, 3.05) is 31.2 Å². The molecule has 4 rings (SSSR count).